The third-order valence-electron chi connectivity index (χ3n) is 5.52. The molecule has 0 bridgehead atoms. The van der Waals surface area contributed by atoms with Crippen molar-refractivity contribution in [2.45, 2.75) is 6.54 Å². The SMILES string of the molecule is O=C1/C(=C/c2ccncc2)Oc2c1ccc1c2CN(CCN2CCOCC2)CO1. The van der Waals surface area contributed by atoms with Crippen LogP contribution in [0.4, 0.5) is 0 Å². The van der Waals surface area contributed by atoms with E-state index in [1.165, 1.54) is 0 Å². The summed E-state index contributed by atoms with van der Waals surface area (Å²) in [6, 6.07) is 7.37. The first-order valence-electron chi connectivity index (χ1n) is 9.93. The predicted molar refractivity (Wildman–Crippen MR) is 107 cm³/mol. The highest BCUT2D eigenvalue weighted by atomic mass is 16.5. The van der Waals surface area contributed by atoms with Crippen LogP contribution in [0.5, 0.6) is 11.5 Å². The second kappa shape index (κ2) is 7.94. The fourth-order valence-corrected chi connectivity index (χ4v) is 3.87. The summed E-state index contributed by atoms with van der Waals surface area (Å²) in [5.74, 6) is 1.67. The van der Waals surface area contributed by atoms with Gasteiger partial charge in [-0.2, -0.15) is 0 Å². The third-order valence-corrected chi connectivity index (χ3v) is 5.52. The summed E-state index contributed by atoms with van der Waals surface area (Å²) in [5, 5.41) is 0. The topological polar surface area (TPSA) is 64.1 Å². The lowest BCUT2D eigenvalue weighted by Crippen LogP contribution is -2.43. The summed E-state index contributed by atoms with van der Waals surface area (Å²) in [7, 11) is 0. The van der Waals surface area contributed by atoms with Crippen molar-refractivity contribution in [3.8, 4) is 11.5 Å². The number of pyridine rings is 1. The van der Waals surface area contributed by atoms with Crippen molar-refractivity contribution in [2.24, 2.45) is 0 Å². The standard InChI is InChI=1S/C22H23N3O4/c26-21-17-1-2-19-18(22(17)29-20(21)13-16-3-5-23-6-4-16)14-25(15-28-19)8-7-24-9-11-27-12-10-24/h1-6,13H,7-12,14-15H2/b20-13-. The highest BCUT2D eigenvalue weighted by Gasteiger charge is 2.33. The van der Waals surface area contributed by atoms with E-state index in [-0.39, 0.29) is 5.78 Å². The number of nitrogens with zero attached hydrogens (tertiary/aromatic N) is 3. The van der Waals surface area contributed by atoms with Crippen LogP contribution < -0.4 is 9.47 Å². The molecule has 4 heterocycles. The molecule has 5 rings (SSSR count). The summed E-state index contributed by atoms with van der Waals surface area (Å²) < 4.78 is 17.4. The van der Waals surface area contributed by atoms with E-state index >= 15 is 0 Å². The number of hydrogen-bond acceptors (Lipinski definition) is 7. The molecule has 7 heteroatoms. The zero-order valence-corrected chi connectivity index (χ0v) is 16.2. The van der Waals surface area contributed by atoms with Crippen molar-refractivity contribution >= 4 is 11.9 Å². The molecule has 1 aromatic heterocycles. The number of carbonyl (C=O) groups excluding carboxylic acids is 1. The van der Waals surface area contributed by atoms with E-state index in [1.54, 1.807) is 24.5 Å². The lowest BCUT2D eigenvalue weighted by Gasteiger charge is -2.33. The van der Waals surface area contributed by atoms with E-state index in [9.17, 15) is 4.79 Å². The summed E-state index contributed by atoms with van der Waals surface area (Å²) in [5.41, 5.74) is 2.43. The van der Waals surface area contributed by atoms with E-state index in [0.29, 0.717) is 30.3 Å². The van der Waals surface area contributed by atoms with Gasteiger partial charge in [0.25, 0.3) is 0 Å². The lowest BCUT2D eigenvalue weighted by atomic mass is 10.0. The van der Waals surface area contributed by atoms with E-state index < -0.39 is 0 Å². The van der Waals surface area contributed by atoms with Crippen molar-refractivity contribution < 1.29 is 19.0 Å². The number of allylic oxidation sites excluding steroid dienone is 1. The van der Waals surface area contributed by atoms with Crippen molar-refractivity contribution in [3.63, 3.8) is 0 Å². The molecule has 0 aliphatic carbocycles. The number of carbonyl (C=O) groups is 1. The molecule has 1 fully saturated rings. The number of ether oxygens (including phenoxy) is 3. The Hall–Kier alpha value is -2.74. The second-order valence-corrected chi connectivity index (χ2v) is 7.42. The molecule has 7 nitrogen and oxygen atoms in total. The molecule has 3 aliphatic heterocycles. The number of aromatic nitrogens is 1. The molecule has 1 aromatic carbocycles. The average molecular weight is 393 g/mol. The fraction of sp³-hybridized carbons (Fsp3) is 0.364. The zero-order chi connectivity index (χ0) is 19.6. The van der Waals surface area contributed by atoms with E-state index in [2.05, 4.69) is 14.8 Å². The average Bonchev–Trinajstić information content (AvgIpc) is 3.09. The summed E-state index contributed by atoms with van der Waals surface area (Å²) in [6.07, 6.45) is 5.15. The van der Waals surface area contributed by atoms with Gasteiger partial charge in [0.15, 0.2) is 5.76 Å². The maximum absolute atomic E-state index is 12.8. The molecule has 150 valence electrons. The van der Waals surface area contributed by atoms with Gasteiger partial charge in [-0.15, -0.1) is 0 Å². The molecule has 2 aromatic rings. The first kappa shape index (κ1) is 18.3. The minimum atomic E-state index is -0.0925. The number of morpholine rings is 1. The Balaban J connectivity index is 1.33. The zero-order valence-electron chi connectivity index (χ0n) is 16.2. The maximum atomic E-state index is 12.8. The van der Waals surface area contributed by atoms with Gasteiger partial charge in [0.1, 0.15) is 18.2 Å². The largest absolute Gasteiger partial charge is 0.478 e. The number of Topliss-reactive ketones (excluding diaryl/α,β-unsaturated/α-hetero) is 1. The van der Waals surface area contributed by atoms with E-state index in [0.717, 1.165) is 56.3 Å². The van der Waals surface area contributed by atoms with Crippen molar-refractivity contribution in [3.05, 3.63) is 59.1 Å². The minimum Gasteiger partial charge on any atom is -0.478 e. The van der Waals surface area contributed by atoms with Crippen LogP contribution in [-0.4, -0.2) is 66.7 Å². The van der Waals surface area contributed by atoms with E-state index in [1.807, 2.05) is 18.2 Å². The first-order chi connectivity index (χ1) is 14.3. The smallest absolute Gasteiger partial charge is 0.231 e. The first-order valence-corrected chi connectivity index (χ1v) is 9.93. The third kappa shape index (κ3) is 3.76. The van der Waals surface area contributed by atoms with Crippen LogP contribution in [0.15, 0.2) is 42.4 Å². The molecule has 0 saturated carbocycles. The molecule has 1 saturated heterocycles. The van der Waals surface area contributed by atoms with Crippen LogP contribution in [0.3, 0.4) is 0 Å². The lowest BCUT2D eigenvalue weighted by molar-refractivity contribution is 0.0239. The van der Waals surface area contributed by atoms with Gasteiger partial charge >= 0.3 is 0 Å². The second-order valence-electron chi connectivity index (χ2n) is 7.42. The molecule has 0 radical (unpaired) electrons. The molecule has 3 aliphatic rings. The molecule has 0 N–H and O–H groups in total. The Morgan fingerprint density at radius 3 is 2.66 bits per heavy atom. The Labute approximate surface area is 169 Å². The summed E-state index contributed by atoms with van der Waals surface area (Å²) in [6.45, 7) is 6.68. The van der Waals surface area contributed by atoms with Gasteiger partial charge in [0.2, 0.25) is 5.78 Å². The van der Waals surface area contributed by atoms with Gasteiger partial charge in [0, 0.05) is 45.1 Å². The fourth-order valence-electron chi connectivity index (χ4n) is 3.87. The molecular formula is C22H23N3O4. The van der Waals surface area contributed by atoms with Crippen molar-refractivity contribution in [2.75, 3.05) is 46.1 Å². The number of fused-ring (bicyclic) bond motifs is 3. The normalized spacial score (nSPS) is 20.8. The van der Waals surface area contributed by atoms with Gasteiger partial charge in [-0.25, -0.2) is 0 Å². The molecule has 0 spiro atoms. The van der Waals surface area contributed by atoms with Gasteiger partial charge in [-0.05, 0) is 35.9 Å². The number of ketones is 1. The van der Waals surface area contributed by atoms with Crippen LogP contribution >= 0.6 is 0 Å². The van der Waals surface area contributed by atoms with Crippen LogP contribution in [0.1, 0.15) is 21.5 Å². The van der Waals surface area contributed by atoms with Gasteiger partial charge < -0.3 is 14.2 Å². The molecular weight excluding hydrogens is 370 g/mol. The minimum absolute atomic E-state index is 0.0925. The quantitative estimate of drug-likeness (QED) is 0.738. The highest BCUT2D eigenvalue weighted by Crippen LogP contribution is 2.41. The molecule has 0 amide bonds. The summed E-state index contributed by atoms with van der Waals surface area (Å²) in [4.78, 5) is 21.5. The Kier molecular flexibility index (Phi) is 5.01. The molecule has 0 atom stereocenters. The monoisotopic (exact) mass is 393 g/mol. The number of hydrogen-bond donors (Lipinski definition) is 0. The van der Waals surface area contributed by atoms with E-state index in [4.69, 9.17) is 14.2 Å². The van der Waals surface area contributed by atoms with Crippen molar-refractivity contribution in [1.29, 1.82) is 0 Å². The van der Waals surface area contributed by atoms with Crippen LogP contribution in [0.2, 0.25) is 0 Å². The van der Waals surface area contributed by atoms with Crippen molar-refractivity contribution in [1.82, 2.24) is 14.8 Å². The van der Waals surface area contributed by atoms with Gasteiger partial charge in [0.05, 0.1) is 24.3 Å². The maximum Gasteiger partial charge on any atom is 0.231 e. The Morgan fingerprint density at radius 2 is 1.83 bits per heavy atom. The Morgan fingerprint density at radius 1 is 1.03 bits per heavy atom. The van der Waals surface area contributed by atoms with Crippen LogP contribution in [0.25, 0.3) is 6.08 Å². The van der Waals surface area contributed by atoms with Crippen LogP contribution in [-0.2, 0) is 11.3 Å². The molecule has 29 heavy (non-hydrogen) atoms. The van der Waals surface area contributed by atoms with Gasteiger partial charge in [-0.1, -0.05) is 0 Å². The van der Waals surface area contributed by atoms with Crippen LogP contribution in [0, 0.1) is 0 Å². The highest BCUT2D eigenvalue weighted by molar-refractivity contribution is 6.15. The number of benzene rings is 1. The Bertz CT molecular complexity index is 939. The predicted octanol–water partition coefficient (Wildman–Crippen LogP) is 2.18. The van der Waals surface area contributed by atoms with Gasteiger partial charge in [-0.3, -0.25) is 19.6 Å². The number of rotatable bonds is 4. The summed E-state index contributed by atoms with van der Waals surface area (Å²) >= 11 is 0. The molecule has 0 unspecified atom stereocenters.